The van der Waals surface area contributed by atoms with E-state index < -0.39 is 9.84 Å². The summed E-state index contributed by atoms with van der Waals surface area (Å²) in [4.78, 5) is 0.237. The number of para-hydroxylation sites is 1. The van der Waals surface area contributed by atoms with Crippen molar-refractivity contribution in [3.8, 4) is 34.0 Å². The van der Waals surface area contributed by atoms with E-state index in [0.717, 1.165) is 34.4 Å². The van der Waals surface area contributed by atoms with Gasteiger partial charge in [-0.05, 0) is 42.3 Å². The maximum Gasteiger partial charge on any atom is 0.226 e. The van der Waals surface area contributed by atoms with Crippen LogP contribution < -0.4 is 4.74 Å². The van der Waals surface area contributed by atoms with Crippen molar-refractivity contribution >= 4 is 9.84 Å². The third kappa shape index (κ3) is 3.39. The Morgan fingerprint density at radius 1 is 0.969 bits per heavy atom. The Balaban J connectivity index is 1.77. The molecule has 5 nitrogen and oxygen atoms in total. The van der Waals surface area contributed by atoms with Crippen molar-refractivity contribution in [2.24, 2.45) is 0 Å². The summed E-state index contributed by atoms with van der Waals surface area (Å²) in [5.74, 6) is 0.260. The van der Waals surface area contributed by atoms with Crippen LogP contribution in [0.25, 0.3) is 28.1 Å². The number of nitrogens with zero attached hydrogens (tertiary/aromatic N) is 2. The highest BCUT2D eigenvalue weighted by atomic mass is 32.2. The Morgan fingerprint density at radius 2 is 1.62 bits per heavy atom. The fourth-order valence-corrected chi connectivity index (χ4v) is 4.70. The predicted octanol–water partition coefficient (Wildman–Crippen LogP) is 5.59. The van der Waals surface area contributed by atoms with Gasteiger partial charge >= 0.3 is 0 Å². The molecular weight excluding hydrogens is 427 g/mol. The molecule has 0 saturated carbocycles. The molecule has 0 radical (unpaired) electrons. The largest absolute Gasteiger partial charge is 0.469 e. The Morgan fingerprint density at radius 3 is 2.28 bits per heavy atom. The Bertz CT molecular complexity index is 1410. The van der Waals surface area contributed by atoms with E-state index >= 15 is 0 Å². The van der Waals surface area contributed by atoms with Crippen molar-refractivity contribution < 1.29 is 17.5 Å². The molecule has 2 heterocycles. The standard InChI is InChI=1S/C25H21FN2O3S/c1-3-22-20-6-4-5-7-21(20)28-25(31-22)23(16-8-12-18(26)13-9-16)24(27-28)17-10-14-19(15-11-17)32(2,29)30/h4-15,22H,3H2,1-2H3. The molecule has 1 atom stereocenters. The lowest BCUT2D eigenvalue weighted by Gasteiger charge is -2.27. The highest BCUT2D eigenvalue weighted by molar-refractivity contribution is 7.90. The second-order valence-electron chi connectivity index (χ2n) is 7.82. The summed E-state index contributed by atoms with van der Waals surface area (Å²) in [6.07, 6.45) is 1.83. The lowest BCUT2D eigenvalue weighted by Crippen LogP contribution is -2.18. The normalized spacial score (nSPS) is 15.0. The molecule has 0 spiro atoms. The fourth-order valence-electron chi connectivity index (χ4n) is 4.07. The summed E-state index contributed by atoms with van der Waals surface area (Å²) in [6, 6.07) is 20.8. The van der Waals surface area contributed by atoms with Gasteiger partial charge in [0.1, 0.15) is 17.6 Å². The van der Waals surface area contributed by atoms with Gasteiger partial charge in [0.15, 0.2) is 9.84 Å². The molecule has 0 bridgehead atoms. The Kier molecular flexibility index (Phi) is 4.86. The van der Waals surface area contributed by atoms with Gasteiger partial charge in [-0.15, -0.1) is 0 Å². The van der Waals surface area contributed by atoms with Gasteiger partial charge in [0, 0.05) is 17.4 Å². The topological polar surface area (TPSA) is 61.2 Å². The summed E-state index contributed by atoms with van der Waals surface area (Å²) >= 11 is 0. The molecule has 1 aromatic heterocycles. The van der Waals surface area contributed by atoms with Gasteiger partial charge in [0.2, 0.25) is 5.88 Å². The highest BCUT2D eigenvalue weighted by Gasteiger charge is 2.31. The van der Waals surface area contributed by atoms with E-state index in [9.17, 15) is 12.8 Å². The van der Waals surface area contributed by atoms with Crippen molar-refractivity contribution in [2.75, 3.05) is 6.26 Å². The van der Waals surface area contributed by atoms with Crippen LogP contribution in [0.4, 0.5) is 4.39 Å². The first-order valence-electron chi connectivity index (χ1n) is 10.3. The van der Waals surface area contributed by atoms with Crippen LogP contribution in [0.3, 0.4) is 0 Å². The van der Waals surface area contributed by atoms with E-state index in [2.05, 4.69) is 6.92 Å². The molecule has 0 fully saturated rings. The molecule has 162 valence electrons. The quantitative estimate of drug-likeness (QED) is 0.408. The third-order valence-corrected chi connectivity index (χ3v) is 6.80. The van der Waals surface area contributed by atoms with Gasteiger partial charge in [-0.3, -0.25) is 0 Å². The van der Waals surface area contributed by atoms with Gasteiger partial charge in [-0.2, -0.15) is 9.78 Å². The number of aromatic nitrogens is 2. The van der Waals surface area contributed by atoms with Crippen molar-refractivity contribution in [3.63, 3.8) is 0 Å². The summed E-state index contributed by atoms with van der Waals surface area (Å²) in [7, 11) is -3.31. The molecule has 1 unspecified atom stereocenters. The molecule has 7 heteroatoms. The van der Waals surface area contributed by atoms with Gasteiger partial charge < -0.3 is 4.74 Å². The third-order valence-electron chi connectivity index (χ3n) is 5.67. The number of hydrogen-bond donors (Lipinski definition) is 0. The molecule has 0 aliphatic carbocycles. The number of fused-ring (bicyclic) bond motifs is 3. The predicted molar refractivity (Wildman–Crippen MR) is 121 cm³/mol. The molecule has 5 rings (SSSR count). The second kappa shape index (κ2) is 7.60. The van der Waals surface area contributed by atoms with Crippen molar-refractivity contribution in [1.82, 2.24) is 9.78 Å². The maximum atomic E-state index is 13.7. The molecule has 0 N–H and O–H groups in total. The molecule has 3 aromatic carbocycles. The SMILES string of the molecule is CCC1Oc2c(-c3ccc(F)cc3)c(-c3ccc(S(C)(=O)=O)cc3)nn2-c2ccccc21. The van der Waals surface area contributed by atoms with Crippen LogP contribution >= 0.6 is 0 Å². The first-order valence-corrected chi connectivity index (χ1v) is 12.2. The summed E-state index contributed by atoms with van der Waals surface area (Å²) in [6.45, 7) is 2.07. The van der Waals surface area contributed by atoms with Gasteiger partial charge in [-0.1, -0.05) is 49.4 Å². The number of hydrogen-bond acceptors (Lipinski definition) is 4. The van der Waals surface area contributed by atoms with Crippen LogP contribution in [0.1, 0.15) is 25.0 Å². The molecule has 1 aliphatic rings. The lowest BCUT2D eigenvalue weighted by molar-refractivity contribution is 0.176. The van der Waals surface area contributed by atoms with Crippen LogP contribution in [-0.4, -0.2) is 24.5 Å². The number of benzene rings is 3. The fraction of sp³-hybridized carbons (Fsp3) is 0.160. The van der Waals surface area contributed by atoms with E-state index in [1.807, 2.05) is 24.3 Å². The summed E-state index contributed by atoms with van der Waals surface area (Å²) in [5, 5.41) is 4.87. The number of ether oxygens (including phenoxy) is 1. The van der Waals surface area contributed by atoms with Crippen molar-refractivity contribution in [3.05, 3.63) is 84.2 Å². The van der Waals surface area contributed by atoms with Crippen LogP contribution in [0.2, 0.25) is 0 Å². The van der Waals surface area contributed by atoms with E-state index in [1.54, 1.807) is 41.1 Å². The number of rotatable bonds is 4. The van der Waals surface area contributed by atoms with E-state index in [-0.39, 0.29) is 16.8 Å². The first kappa shape index (κ1) is 20.5. The zero-order valence-electron chi connectivity index (χ0n) is 17.6. The lowest BCUT2D eigenvalue weighted by atomic mass is 9.99. The minimum Gasteiger partial charge on any atom is -0.469 e. The number of halogens is 1. The molecule has 32 heavy (non-hydrogen) atoms. The average molecular weight is 449 g/mol. The molecule has 0 saturated heterocycles. The van der Waals surface area contributed by atoms with E-state index in [1.165, 1.54) is 18.4 Å². The molecule has 4 aromatic rings. The van der Waals surface area contributed by atoms with Crippen LogP contribution in [0.5, 0.6) is 5.88 Å². The van der Waals surface area contributed by atoms with E-state index in [0.29, 0.717) is 11.6 Å². The molecule has 0 amide bonds. The molecule has 1 aliphatic heterocycles. The summed E-state index contributed by atoms with van der Waals surface area (Å²) < 4.78 is 45.6. The Labute approximate surface area is 186 Å². The van der Waals surface area contributed by atoms with Crippen LogP contribution in [0.15, 0.2) is 77.7 Å². The minimum absolute atomic E-state index is 0.130. The highest BCUT2D eigenvalue weighted by Crippen LogP contribution is 2.46. The van der Waals surface area contributed by atoms with E-state index in [4.69, 9.17) is 9.84 Å². The molecular formula is C25H21FN2O3S. The maximum absolute atomic E-state index is 13.7. The van der Waals surface area contributed by atoms with Crippen LogP contribution in [-0.2, 0) is 9.84 Å². The minimum atomic E-state index is -3.31. The summed E-state index contributed by atoms with van der Waals surface area (Å²) in [5.41, 5.74) is 4.87. The van der Waals surface area contributed by atoms with Crippen LogP contribution in [0, 0.1) is 5.82 Å². The van der Waals surface area contributed by atoms with Crippen molar-refractivity contribution in [2.45, 2.75) is 24.3 Å². The monoisotopic (exact) mass is 448 g/mol. The van der Waals surface area contributed by atoms with Crippen molar-refractivity contribution in [1.29, 1.82) is 0 Å². The average Bonchev–Trinajstić information content (AvgIpc) is 3.18. The van der Waals surface area contributed by atoms with Gasteiger partial charge in [0.05, 0.1) is 16.1 Å². The smallest absolute Gasteiger partial charge is 0.226 e. The zero-order chi connectivity index (χ0) is 22.5. The second-order valence-corrected chi connectivity index (χ2v) is 9.83. The Hall–Kier alpha value is -3.45. The zero-order valence-corrected chi connectivity index (χ0v) is 18.4. The van der Waals surface area contributed by atoms with Gasteiger partial charge in [0.25, 0.3) is 0 Å². The first-order chi connectivity index (χ1) is 15.4. The number of sulfone groups is 1. The van der Waals surface area contributed by atoms with Gasteiger partial charge in [-0.25, -0.2) is 12.8 Å².